The molecule has 0 spiro atoms. The lowest BCUT2D eigenvalue weighted by Gasteiger charge is -2.30. The van der Waals surface area contributed by atoms with Crippen LogP contribution in [-0.2, 0) is 0 Å². The first-order chi connectivity index (χ1) is 5.45. The van der Waals surface area contributed by atoms with Gasteiger partial charge in [-0.25, -0.2) is 0 Å². The van der Waals surface area contributed by atoms with Crippen LogP contribution >= 0.6 is 0 Å². The number of rotatable bonds is 5. The van der Waals surface area contributed by atoms with E-state index >= 15 is 0 Å². The summed E-state index contributed by atoms with van der Waals surface area (Å²) in [6.45, 7) is 4.76. The zero-order chi connectivity index (χ0) is 9.72. The Morgan fingerprint density at radius 1 is 1.00 bits per heavy atom. The molecule has 0 bridgehead atoms. The Labute approximate surface area is 79.2 Å². The number of nitrogens with zero attached hydrogens (tertiary/aromatic N) is 2. The summed E-state index contributed by atoms with van der Waals surface area (Å²) in [4.78, 5) is 4.59. The van der Waals surface area contributed by atoms with Gasteiger partial charge in [0.15, 0.2) is 0 Å². The Morgan fingerprint density at radius 3 is 1.67 bits per heavy atom. The fourth-order valence-corrected chi connectivity index (χ4v) is 2.23. The second kappa shape index (κ2) is 5.73. The van der Waals surface area contributed by atoms with Crippen LogP contribution in [0.1, 0.15) is 6.42 Å². The lowest BCUT2D eigenvalue weighted by Crippen LogP contribution is -2.40. The summed E-state index contributed by atoms with van der Waals surface area (Å²) in [7, 11) is 8.57. The minimum atomic E-state index is -0.0491. The predicted octanol–water partition coefficient (Wildman–Crippen LogP) is 1.58. The number of hydrogen-bond acceptors (Lipinski definition) is 2. The van der Waals surface area contributed by atoms with Crippen molar-refractivity contribution >= 4 is 8.80 Å². The van der Waals surface area contributed by atoms with Crippen molar-refractivity contribution in [3.8, 4) is 0 Å². The van der Waals surface area contributed by atoms with Gasteiger partial charge >= 0.3 is 0 Å². The van der Waals surface area contributed by atoms with Crippen LogP contribution in [0.15, 0.2) is 0 Å². The quantitative estimate of drug-likeness (QED) is 0.476. The molecule has 0 aromatic heterocycles. The molecule has 73 valence electrons. The maximum absolute atomic E-state index is 2.38. The molecule has 0 atom stereocenters. The lowest BCUT2D eigenvalue weighted by atomic mass is 10.3. The molecule has 0 aliphatic heterocycles. The van der Waals surface area contributed by atoms with Gasteiger partial charge < -0.3 is 0 Å². The van der Waals surface area contributed by atoms with E-state index in [-0.39, 0.29) is 8.80 Å². The molecule has 0 unspecified atom stereocenters. The van der Waals surface area contributed by atoms with Gasteiger partial charge in [-0.2, -0.15) is 0 Å². The van der Waals surface area contributed by atoms with Crippen LogP contribution in [-0.4, -0.2) is 53.0 Å². The third-order valence-electron chi connectivity index (χ3n) is 2.09. The molecule has 0 N–H and O–H groups in total. The minimum absolute atomic E-state index is 0.0491. The molecular formula is C9H23N2Si. The van der Waals surface area contributed by atoms with Gasteiger partial charge in [0, 0.05) is 8.80 Å². The first-order valence-corrected chi connectivity index (χ1v) is 7.27. The second-order valence-electron chi connectivity index (χ2n) is 4.15. The molecule has 3 heteroatoms. The molecule has 1 radical (unpaired) electrons. The SMILES string of the molecule is CN(C)C(CC[Si](C)C)N(C)C. The first kappa shape index (κ1) is 12.1. The molecule has 0 heterocycles. The highest BCUT2D eigenvalue weighted by Gasteiger charge is 2.13. The van der Waals surface area contributed by atoms with Gasteiger partial charge in [0.2, 0.25) is 0 Å². The third-order valence-corrected chi connectivity index (χ3v) is 3.38. The highest BCUT2D eigenvalue weighted by molar-refractivity contribution is 6.55. The molecule has 0 fully saturated rings. The third kappa shape index (κ3) is 4.90. The average molecular weight is 187 g/mol. The van der Waals surface area contributed by atoms with Crippen molar-refractivity contribution in [2.24, 2.45) is 0 Å². The standard InChI is InChI=1S/C9H23N2Si/c1-10(2)9(11(3)4)7-8-12(5)6/h9H,7-8H2,1-6H3. The van der Waals surface area contributed by atoms with Crippen LogP contribution in [0, 0.1) is 0 Å². The van der Waals surface area contributed by atoms with Crippen molar-refractivity contribution in [2.75, 3.05) is 28.2 Å². The number of hydrogen-bond donors (Lipinski definition) is 0. The van der Waals surface area contributed by atoms with Crippen molar-refractivity contribution in [3.05, 3.63) is 0 Å². The lowest BCUT2D eigenvalue weighted by molar-refractivity contribution is 0.125. The zero-order valence-electron chi connectivity index (χ0n) is 9.39. The molecule has 0 aromatic carbocycles. The monoisotopic (exact) mass is 187 g/mol. The van der Waals surface area contributed by atoms with Crippen molar-refractivity contribution in [1.29, 1.82) is 0 Å². The highest BCUT2D eigenvalue weighted by Crippen LogP contribution is 2.08. The normalized spacial score (nSPS) is 12.5. The van der Waals surface area contributed by atoms with Gasteiger partial charge in [0.1, 0.15) is 0 Å². The molecule has 0 saturated carbocycles. The molecule has 0 aliphatic rings. The Balaban J connectivity index is 3.80. The van der Waals surface area contributed by atoms with E-state index in [0.717, 1.165) is 0 Å². The summed E-state index contributed by atoms with van der Waals surface area (Å²) in [6.07, 6.45) is 1.92. The molecule has 0 aromatic rings. The van der Waals surface area contributed by atoms with Gasteiger partial charge in [-0.1, -0.05) is 19.1 Å². The molecular weight excluding hydrogens is 164 g/mol. The van der Waals surface area contributed by atoms with E-state index in [4.69, 9.17) is 0 Å². The van der Waals surface area contributed by atoms with E-state index in [9.17, 15) is 0 Å². The van der Waals surface area contributed by atoms with Gasteiger partial charge in [-0.15, -0.1) is 0 Å². The minimum Gasteiger partial charge on any atom is -0.294 e. The first-order valence-electron chi connectivity index (χ1n) is 4.57. The molecule has 2 nitrogen and oxygen atoms in total. The van der Waals surface area contributed by atoms with E-state index in [1.54, 1.807) is 0 Å². The van der Waals surface area contributed by atoms with Crippen LogP contribution in [0.25, 0.3) is 0 Å². The van der Waals surface area contributed by atoms with Gasteiger partial charge in [0.05, 0.1) is 6.17 Å². The Morgan fingerprint density at radius 2 is 1.42 bits per heavy atom. The summed E-state index contributed by atoms with van der Waals surface area (Å²) in [5.74, 6) is 0. The molecule has 0 rings (SSSR count). The van der Waals surface area contributed by atoms with Crippen molar-refractivity contribution in [1.82, 2.24) is 9.80 Å². The summed E-state index contributed by atoms with van der Waals surface area (Å²) in [6, 6.07) is 1.41. The van der Waals surface area contributed by atoms with Crippen molar-refractivity contribution in [2.45, 2.75) is 31.7 Å². The van der Waals surface area contributed by atoms with Crippen LogP contribution in [0.2, 0.25) is 19.1 Å². The summed E-state index contributed by atoms with van der Waals surface area (Å²) >= 11 is 0. The Hall–Kier alpha value is 0.137. The van der Waals surface area contributed by atoms with Crippen LogP contribution < -0.4 is 0 Å². The molecule has 0 amide bonds. The molecule has 0 aliphatic carbocycles. The van der Waals surface area contributed by atoms with Gasteiger partial charge in [0.25, 0.3) is 0 Å². The van der Waals surface area contributed by atoms with E-state index < -0.39 is 0 Å². The van der Waals surface area contributed by atoms with Crippen molar-refractivity contribution in [3.63, 3.8) is 0 Å². The maximum Gasteiger partial charge on any atom is 0.0609 e. The fourth-order valence-electron chi connectivity index (χ4n) is 1.40. The van der Waals surface area contributed by atoms with Crippen LogP contribution in [0.3, 0.4) is 0 Å². The van der Waals surface area contributed by atoms with Crippen LogP contribution in [0.4, 0.5) is 0 Å². The highest BCUT2D eigenvalue weighted by atomic mass is 28.3. The summed E-state index contributed by atoms with van der Waals surface area (Å²) < 4.78 is 0. The smallest absolute Gasteiger partial charge is 0.0609 e. The average Bonchev–Trinajstić information content (AvgIpc) is 1.84. The predicted molar refractivity (Wildman–Crippen MR) is 58.1 cm³/mol. The van der Waals surface area contributed by atoms with E-state index in [0.29, 0.717) is 6.17 Å². The van der Waals surface area contributed by atoms with E-state index in [1.807, 2.05) is 0 Å². The largest absolute Gasteiger partial charge is 0.294 e. The summed E-state index contributed by atoms with van der Waals surface area (Å²) in [5.41, 5.74) is 0. The van der Waals surface area contributed by atoms with E-state index in [2.05, 4.69) is 51.1 Å². The Kier molecular flexibility index (Phi) is 5.79. The zero-order valence-corrected chi connectivity index (χ0v) is 10.4. The Bertz CT molecular complexity index is 105. The van der Waals surface area contributed by atoms with Gasteiger partial charge in [-0.05, 0) is 34.6 Å². The van der Waals surface area contributed by atoms with Gasteiger partial charge in [-0.3, -0.25) is 9.80 Å². The van der Waals surface area contributed by atoms with Crippen molar-refractivity contribution < 1.29 is 0 Å². The second-order valence-corrected chi connectivity index (χ2v) is 7.07. The maximum atomic E-state index is 2.38. The molecule has 12 heavy (non-hydrogen) atoms. The topological polar surface area (TPSA) is 6.48 Å². The molecule has 0 saturated heterocycles. The van der Waals surface area contributed by atoms with E-state index in [1.165, 1.54) is 12.5 Å². The summed E-state index contributed by atoms with van der Waals surface area (Å²) in [5, 5.41) is 0. The van der Waals surface area contributed by atoms with Crippen LogP contribution in [0.5, 0.6) is 0 Å². The fraction of sp³-hybridized carbons (Fsp3) is 1.00.